The first-order valence-electron chi connectivity index (χ1n) is 23.5. The molecule has 1 atom stereocenters. The van der Waals surface area contributed by atoms with Gasteiger partial charge >= 0.3 is 0 Å². The number of hydrogen-bond acceptors (Lipinski definition) is 3. The highest BCUT2D eigenvalue weighted by Gasteiger charge is 2.26. The first kappa shape index (κ1) is 38.5. The molecule has 0 spiro atoms. The molecule has 1 aliphatic heterocycles. The summed E-state index contributed by atoms with van der Waals surface area (Å²) in [4.78, 5) is 11.5. The van der Waals surface area contributed by atoms with Crippen molar-refractivity contribution in [3.05, 3.63) is 230 Å². The summed E-state index contributed by atoms with van der Waals surface area (Å²) in [6.07, 6.45) is 3.06. The van der Waals surface area contributed by atoms with Crippen molar-refractivity contribution in [3.8, 4) is 16.8 Å². The van der Waals surface area contributed by atoms with Gasteiger partial charge in [-0.3, -0.25) is 4.57 Å². The fourth-order valence-corrected chi connectivity index (χ4v) is 10.9. The summed E-state index contributed by atoms with van der Waals surface area (Å²) in [6, 6.07) is 76.1. The smallest absolute Gasteiger partial charge is 0.162 e. The topological polar surface area (TPSA) is 47.7 Å². The number of fused-ring (bicyclic) bond motifs is 12. The quantitative estimate of drug-likeness (QED) is 0.170. The fourth-order valence-electron chi connectivity index (χ4n) is 10.9. The minimum absolute atomic E-state index is 0.0680. The molecule has 0 aliphatic carbocycles. The zero-order chi connectivity index (χ0) is 44.9. The van der Waals surface area contributed by atoms with Crippen LogP contribution in [-0.4, -0.2) is 20.7 Å². The number of hydrogen-bond donors (Lipinski definition) is 0. The minimum atomic E-state index is 0.0680. The van der Waals surface area contributed by atoms with Gasteiger partial charge in [0, 0.05) is 49.2 Å². The molecular weight excluding hydrogens is 829 g/mol. The molecule has 5 heteroatoms. The number of benzene rings is 10. The van der Waals surface area contributed by atoms with E-state index >= 15 is 0 Å². The lowest BCUT2D eigenvalue weighted by Crippen LogP contribution is -2.18. The molecule has 0 radical (unpaired) electrons. The van der Waals surface area contributed by atoms with Crippen molar-refractivity contribution in [2.24, 2.45) is 15.9 Å². The van der Waals surface area contributed by atoms with Crippen molar-refractivity contribution < 1.29 is 4.42 Å². The van der Waals surface area contributed by atoms with Gasteiger partial charge < -0.3 is 8.98 Å². The molecule has 10 aromatic carbocycles. The molecule has 5 nitrogen and oxygen atoms in total. The minimum Gasteiger partial charge on any atom is -0.453 e. The number of rotatable bonds is 5. The highest BCUT2D eigenvalue weighted by molar-refractivity contribution is 6.27. The van der Waals surface area contributed by atoms with Gasteiger partial charge in [0.15, 0.2) is 11.4 Å². The van der Waals surface area contributed by atoms with Gasteiger partial charge in [-0.05, 0) is 93.9 Å². The number of nitrogens with zero attached hydrogens (tertiary/aromatic N) is 4. The number of allylic oxidation sites excluding steroid dienone is 1. The Bertz CT molecular complexity index is 4240. The van der Waals surface area contributed by atoms with Crippen LogP contribution in [-0.2, 0) is 0 Å². The van der Waals surface area contributed by atoms with Crippen molar-refractivity contribution in [1.82, 2.24) is 9.13 Å². The van der Waals surface area contributed by atoms with Gasteiger partial charge in [-0.1, -0.05) is 171 Å². The van der Waals surface area contributed by atoms with E-state index in [1.807, 2.05) is 0 Å². The van der Waals surface area contributed by atoms with Crippen LogP contribution in [0.25, 0.3) is 110 Å². The maximum atomic E-state index is 7.35. The molecule has 0 saturated carbocycles. The molecule has 0 bridgehead atoms. The summed E-state index contributed by atoms with van der Waals surface area (Å²) >= 11 is 0. The molecule has 1 unspecified atom stereocenters. The molecule has 0 fully saturated rings. The van der Waals surface area contributed by atoms with E-state index in [0.717, 1.165) is 89.5 Å². The lowest BCUT2D eigenvalue weighted by molar-refractivity contribution is 0.670. The molecule has 0 saturated heterocycles. The summed E-state index contributed by atoms with van der Waals surface area (Å²) < 4.78 is 12.1. The second-order valence-corrected chi connectivity index (χ2v) is 18.1. The monoisotopic (exact) mass is 870 g/mol. The van der Waals surface area contributed by atoms with Crippen LogP contribution >= 0.6 is 0 Å². The van der Waals surface area contributed by atoms with Crippen molar-refractivity contribution in [2.75, 3.05) is 0 Å². The Morgan fingerprint density at radius 1 is 0.426 bits per heavy atom. The highest BCUT2D eigenvalue weighted by Crippen LogP contribution is 2.43. The Balaban J connectivity index is 1.08. The molecule has 0 N–H and O–H groups in total. The molecular formula is C63H42N4O. The Hall–Kier alpha value is -8.80. The third-order valence-electron chi connectivity index (χ3n) is 14.2. The number of furan rings is 1. The van der Waals surface area contributed by atoms with Crippen LogP contribution in [0.3, 0.4) is 0 Å². The van der Waals surface area contributed by atoms with Crippen molar-refractivity contribution >= 4 is 104 Å². The fraction of sp³-hybridized carbons (Fsp3) is 0.0476. The standard InChI is InChI=1S/C63H42N4O/c1-39-27-36-58(67-54-25-13-9-21-47(54)48-22-10-14-26-55(48)67)64-63(65-60(39)43-30-28-41(29-31-43)40-15-3-2-4-16-40)51-34-35-56(62-59(51)50-33-32-42-17-7-8-20-46(42)61(50)68-62)66-53-24-12-11-23-49(53)52-37-44-18-5-6-19-45(44)38-57(52)66/h2-26,28-39H,27H2,1H3/b58-36-,64-63-,65-60+. The molecule has 3 aromatic heterocycles. The van der Waals surface area contributed by atoms with E-state index < -0.39 is 0 Å². The van der Waals surface area contributed by atoms with Gasteiger partial charge in [0.05, 0.1) is 33.5 Å². The maximum absolute atomic E-state index is 7.35. The Kier molecular flexibility index (Phi) is 8.56. The largest absolute Gasteiger partial charge is 0.453 e. The van der Waals surface area contributed by atoms with E-state index in [0.29, 0.717) is 5.84 Å². The van der Waals surface area contributed by atoms with E-state index in [-0.39, 0.29) is 5.92 Å². The maximum Gasteiger partial charge on any atom is 0.162 e. The third-order valence-corrected chi connectivity index (χ3v) is 14.2. The average Bonchev–Trinajstić information content (AvgIpc) is 4.06. The first-order valence-corrected chi connectivity index (χ1v) is 23.5. The zero-order valence-corrected chi connectivity index (χ0v) is 37.3. The second kappa shape index (κ2) is 15.1. The summed E-state index contributed by atoms with van der Waals surface area (Å²) in [5, 5.41) is 11.4. The van der Waals surface area contributed by atoms with E-state index in [2.05, 4.69) is 234 Å². The van der Waals surface area contributed by atoms with Gasteiger partial charge in [0.2, 0.25) is 0 Å². The Morgan fingerprint density at radius 3 is 1.72 bits per heavy atom. The van der Waals surface area contributed by atoms with Gasteiger partial charge in [-0.15, -0.1) is 0 Å². The lowest BCUT2D eigenvalue weighted by Gasteiger charge is -2.20. The van der Waals surface area contributed by atoms with Crippen molar-refractivity contribution in [1.29, 1.82) is 0 Å². The van der Waals surface area contributed by atoms with E-state index in [9.17, 15) is 0 Å². The third kappa shape index (κ3) is 5.89. The summed E-state index contributed by atoms with van der Waals surface area (Å²) in [5.74, 6) is 1.54. The second-order valence-electron chi connectivity index (χ2n) is 18.1. The van der Waals surface area contributed by atoms with Crippen LogP contribution in [0.15, 0.2) is 233 Å². The highest BCUT2D eigenvalue weighted by atomic mass is 16.3. The lowest BCUT2D eigenvalue weighted by atomic mass is 9.93. The van der Waals surface area contributed by atoms with Crippen LogP contribution in [0.5, 0.6) is 0 Å². The Labute approximate surface area is 391 Å². The van der Waals surface area contributed by atoms with E-state index in [1.165, 1.54) is 43.4 Å². The predicted molar refractivity (Wildman–Crippen MR) is 286 cm³/mol. The molecule has 13 aromatic rings. The van der Waals surface area contributed by atoms with Gasteiger partial charge in [-0.25, -0.2) is 9.98 Å². The predicted octanol–water partition coefficient (Wildman–Crippen LogP) is 16.5. The van der Waals surface area contributed by atoms with Crippen molar-refractivity contribution in [2.45, 2.75) is 13.3 Å². The molecule has 320 valence electrons. The molecule has 0 amide bonds. The summed E-state index contributed by atoms with van der Waals surface area (Å²) in [7, 11) is 0. The van der Waals surface area contributed by atoms with E-state index in [4.69, 9.17) is 14.4 Å². The summed E-state index contributed by atoms with van der Waals surface area (Å²) in [5.41, 5.74) is 12.4. The van der Waals surface area contributed by atoms with Gasteiger partial charge in [0.25, 0.3) is 0 Å². The average molecular weight is 871 g/mol. The van der Waals surface area contributed by atoms with Crippen LogP contribution in [0.2, 0.25) is 0 Å². The van der Waals surface area contributed by atoms with Crippen LogP contribution < -0.4 is 0 Å². The molecule has 4 heterocycles. The van der Waals surface area contributed by atoms with Crippen LogP contribution in [0.4, 0.5) is 0 Å². The Morgan fingerprint density at radius 2 is 1.00 bits per heavy atom. The number of aromatic nitrogens is 2. The SMILES string of the molecule is CC1C/C=C(n2c3ccccc3c3ccccc32)/N=C(c2ccc(-n3c4ccccc4c4cc5ccccc5cc43)c3oc4c5ccccc5ccc4c23)\N=C/1c1ccc(-c2ccccc2)cc1. The van der Waals surface area contributed by atoms with Gasteiger partial charge in [0.1, 0.15) is 11.4 Å². The number of amidine groups is 1. The number of para-hydroxylation sites is 3. The molecule has 1 aliphatic rings. The number of aliphatic imine (C=N–C) groups is 2. The van der Waals surface area contributed by atoms with Crippen LogP contribution in [0.1, 0.15) is 24.5 Å². The van der Waals surface area contributed by atoms with E-state index in [1.54, 1.807) is 0 Å². The summed E-state index contributed by atoms with van der Waals surface area (Å²) in [6.45, 7) is 2.29. The first-order chi connectivity index (χ1) is 33.6. The normalized spacial score (nSPS) is 16.9. The molecule has 14 rings (SSSR count). The van der Waals surface area contributed by atoms with Crippen LogP contribution in [0, 0.1) is 5.92 Å². The van der Waals surface area contributed by atoms with Crippen molar-refractivity contribution in [3.63, 3.8) is 0 Å². The molecule has 68 heavy (non-hydrogen) atoms. The zero-order valence-electron chi connectivity index (χ0n) is 37.3. The van der Waals surface area contributed by atoms with Gasteiger partial charge in [-0.2, -0.15) is 0 Å².